The molecule has 0 fully saturated rings. The predicted molar refractivity (Wildman–Crippen MR) is 146 cm³/mol. The number of carbonyl (C=O) groups excluding carboxylic acids is 1. The number of ether oxygens (including phenoxy) is 1. The van der Waals surface area contributed by atoms with Gasteiger partial charge in [-0.05, 0) is 66.3 Å². The Kier molecular flexibility index (Phi) is 6.97. The molecule has 4 aromatic rings. The fourth-order valence-electron chi connectivity index (χ4n) is 4.69. The third-order valence-electron chi connectivity index (χ3n) is 6.56. The van der Waals surface area contributed by atoms with Gasteiger partial charge in [0.05, 0.1) is 12.8 Å². The quantitative estimate of drug-likeness (QED) is 0.346. The second kappa shape index (κ2) is 10.5. The molecule has 0 atom stereocenters. The van der Waals surface area contributed by atoms with Crippen LogP contribution in [-0.2, 0) is 22.9 Å². The summed E-state index contributed by atoms with van der Waals surface area (Å²) in [6.07, 6.45) is 2.20. The smallest absolute Gasteiger partial charge is 0.268 e. The first-order valence-corrected chi connectivity index (χ1v) is 13.6. The minimum Gasteiger partial charge on any atom is -0.495 e. The van der Waals surface area contributed by atoms with Gasteiger partial charge in [0.25, 0.3) is 15.9 Å². The van der Waals surface area contributed by atoms with Gasteiger partial charge in [0.1, 0.15) is 10.6 Å². The van der Waals surface area contributed by atoms with E-state index in [4.69, 9.17) is 4.74 Å². The number of anilines is 2. The first-order chi connectivity index (χ1) is 18.0. The summed E-state index contributed by atoms with van der Waals surface area (Å²) in [5.41, 5.74) is 4.67. The van der Waals surface area contributed by atoms with Crippen LogP contribution in [0.25, 0.3) is 0 Å². The second-order valence-electron chi connectivity index (χ2n) is 8.95. The van der Waals surface area contributed by atoms with Crippen LogP contribution in [0.15, 0.2) is 102 Å². The highest BCUT2D eigenvalue weighted by atomic mass is 32.2. The Morgan fingerprint density at radius 2 is 1.65 bits per heavy atom. The Morgan fingerprint density at radius 3 is 2.46 bits per heavy atom. The molecule has 7 heteroatoms. The lowest BCUT2D eigenvalue weighted by atomic mass is 10.0. The first-order valence-electron chi connectivity index (χ1n) is 12.2. The van der Waals surface area contributed by atoms with E-state index in [9.17, 15) is 13.2 Å². The molecule has 0 bridgehead atoms. The van der Waals surface area contributed by atoms with Crippen LogP contribution in [0.1, 0.15) is 33.5 Å². The highest BCUT2D eigenvalue weighted by Gasteiger charge is 2.32. The number of fused-ring (bicyclic) bond motifs is 1. The number of hydrogen-bond donors (Lipinski definition) is 1. The van der Waals surface area contributed by atoms with Gasteiger partial charge in [0.2, 0.25) is 0 Å². The molecule has 0 radical (unpaired) electrons. The molecule has 5 rings (SSSR count). The molecule has 1 aliphatic heterocycles. The van der Waals surface area contributed by atoms with Gasteiger partial charge in [-0.3, -0.25) is 9.10 Å². The van der Waals surface area contributed by atoms with Gasteiger partial charge in [-0.25, -0.2) is 8.42 Å². The molecule has 1 aliphatic rings. The normalized spacial score (nSPS) is 13.1. The average molecular weight is 513 g/mol. The van der Waals surface area contributed by atoms with E-state index in [0.29, 0.717) is 24.3 Å². The number of aryl methyl sites for hydroxylation is 1. The molecule has 188 valence electrons. The second-order valence-corrected chi connectivity index (χ2v) is 10.8. The number of carbonyl (C=O) groups is 1. The largest absolute Gasteiger partial charge is 0.495 e. The molecular formula is C30H28N2O4S. The number of nitrogens with zero attached hydrogens (tertiary/aromatic N) is 1. The Bertz CT molecular complexity index is 1530. The molecule has 0 saturated carbocycles. The zero-order chi connectivity index (χ0) is 25.8. The third kappa shape index (κ3) is 5.08. The summed E-state index contributed by atoms with van der Waals surface area (Å²) in [4.78, 5) is 13.3. The van der Waals surface area contributed by atoms with Crippen LogP contribution in [0.2, 0.25) is 0 Å². The molecule has 4 aromatic carbocycles. The first kappa shape index (κ1) is 24.6. The number of benzene rings is 4. The Morgan fingerprint density at radius 1 is 0.919 bits per heavy atom. The maximum absolute atomic E-state index is 13.8. The van der Waals surface area contributed by atoms with Gasteiger partial charge in [0.15, 0.2) is 0 Å². The summed E-state index contributed by atoms with van der Waals surface area (Å²) in [5, 5.41) is 2.97. The van der Waals surface area contributed by atoms with Crippen LogP contribution in [-0.4, -0.2) is 28.0 Å². The number of sulfonamides is 1. The number of nitrogens with one attached hydrogen (secondary N) is 1. The van der Waals surface area contributed by atoms with Gasteiger partial charge in [-0.1, -0.05) is 66.7 Å². The van der Waals surface area contributed by atoms with Crippen LogP contribution >= 0.6 is 0 Å². The van der Waals surface area contributed by atoms with Crippen molar-refractivity contribution in [3.05, 3.63) is 119 Å². The van der Waals surface area contributed by atoms with Gasteiger partial charge in [0, 0.05) is 17.8 Å². The fourth-order valence-corrected chi connectivity index (χ4v) is 6.42. The van der Waals surface area contributed by atoms with Gasteiger partial charge in [-0.15, -0.1) is 0 Å². The summed E-state index contributed by atoms with van der Waals surface area (Å²) in [5.74, 6) is -0.192. The van der Waals surface area contributed by atoms with Crippen molar-refractivity contribution in [3.8, 4) is 5.75 Å². The molecule has 6 nitrogen and oxygen atoms in total. The molecule has 0 spiro atoms. The van der Waals surface area contributed by atoms with E-state index in [1.165, 1.54) is 23.5 Å². The summed E-state index contributed by atoms with van der Waals surface area (Å²) >= 11 is 0. The van der Waals surface area contributed by atoms with Crippen molar-refractivity contribution in [2.24, 2.45) is 0 Å². The standard InChI is InChI=1S/C30H28N2O4S/c1-36-28-18-17-25(21-29(28)37(34,35)32-19-9-14-23-12-6-8-16-27(23)32)30(33)31-26-15-7-5-13-24(26)20-22-10-3-2-4-11-22/h2-8,10-13,15-18,21H,9,14,19-20H2,1H3,(H,31,33). The molecule has 0 saturated heterocycles. The maximum atomic E-state index is 13.8. The topological polar surface area (TPSA) is 75.7 Å². The molecule has 0 unspecified atom stereocenters. The van der Waals surface area contributed by atoms with Crippen molar-refractivity contribution in [2.75, 3.05) is 23.3 Å². The van der Waals surface area contributed by atoms with E-state index in [-0.39, 0.29) is 16.2 Å². The summed E-state index contributed by atoms with van der Waals surface area (Å²) < 4.78 is 34.5. The van der Waals surface area contributed by atoms with E-state index >= 15 is 0 Å². The SMILES string of the molecule is COc1ccc(C(=O)Nc2ccccc2Cc2ccccc2)cc1S(=O)(=O)N1CCCc2ccccc21. The highest BCUT2D eigenvalue weighted by molar-refractivity contribution is 7.93. The number of rotatable bonds is 7. The summed E-state index contributed by atoms with van der Waals surface area (Å²) in [6.45, 7) is 0.367. The monoisotopic (exact) mass is 512 g/mol. The molecule has 37 heavy (non-hydrogen) atoms. The van der Waals surface area contributed by atoms with Crippen molar-refractivity contribution in [1.82, 2.24) is 0 Å². The van der Waals surface area contributed by atoms with Crippen LogP contribution in [0.3, 0.4) is 0 Å². The molecule has 1 heterocycles. The van der Waals surface area contributed by atoms with Crippen LogP contribution in [0, 0.1) is 0 Å². The number of para-hydroxylation sites is 2. The van der Waals surface area contributed by atoms with Crippen molar-refractivity contribution in [1.29, 1.82) is 0 Å². The Balaban J connectivity index is 1.46. The maximum Gasteiger partial charge on any atom is 0.268 e. The fraction of sp³-hybridized carbons (Fsp3) is 0.167. The number of amides is 1. The van der Waals surface area contributed by atoms with Gasteiger partial charge in [-0.2, -0.15) is 0 Å². The van der Waals surface area contributed by atoms with Gasteiger partial charge < -0.3 is 10.1 Å². The minimum atomic E-state index is -3.97. The predicted octanol–water partition coefficient (Wildman–Crippen LogP) is 5.68. The zero-order valence-electron chi connectivity index (χ0n) is 20.6. The van der Waals surface area contributed by atoms with Crippen LogP contribution < -0.4 is 14.4 Å². The third-order valence-corrected chi connectivity index (χ3v) is 8.40. The van der Waals surface area contributed by atoms with E-state index in [1.54, 1.807) is 6.07 Å². The van der Waals surface area contributed by atoms with E-state index < -0.39 is 15.9 Å². The zero-order valence-corrected chi connectivity index (χ0v) is 21.4. The van der Waals surface area contributed by atoms with Crippen LogP contribution in [0.4, 0.5) is 11.4 Å². The summed E-state index contributed by atoms with van der Waals surface area (Å²) in [7, 11) is -2.54. The van der Waals surface area contributed by atoms with E-state index in [0.717, 1.165) is 29.5 Å². The molecular weight excluding hydrogens is 484 g/mol. The minimum absolute atomic E-state index is 0.0306. The molecule has 0 aromatic heterocycles. The molecule has 1 N–H and O–H groups in total. The summed E-state index contributed by atoms with van der Waals surface area (Å²) in [6, 6.07) is 29.7. The van der Waals surface area contributed by atoms with Crippen molar-refractivity contribution >= 4 is 27.3 Å². The van der Waals surface area contributed by atoms with Crippen molar-refractivity contribution in [2.45, 2.75) is 24.2 Å². The number of hydrogen-bond acceptors (Lipinski definition) is 4. The molecule has 1 amide bonds. The Labute approximate surface area is 217 Å². The highest BCUT2D eigenvalue weighted by Crippen LogP contribution is 2.35. The van der Waals surface area contributed by atoms with Crippen molar-refractivity contribution < 1.29 is 17.9 Å². The average Bonchev–Trinajstić information content (AvgIpc) is 2.94. The lowest BCUT2D eigenvalue weighted by Crippen LogP contribution is -2.35. The molecule has 0 aliphatic carbocycles. The van der Waals surface area contributed by atoms with Gasteiger partial charge >= 0.3 is 0 Å². The number of methoxy groups -OCH3 is 1. The van der Waals surface area contributed by atoms with Crippen molar-refractivity contribution in [3.63, 3.8) is 0 Å². The lowest BCUT2D eigenvalue weighted by molar-refractivity contribution is 0.102. The van der Waals surface area contributed by atoms with Crippen LogP contribution in [0.5, 0.6) is 5.75 Å². The van der Waals surface area contributed by atoms with E-state index in [2.05, 4.69) is 5.32 Å². The Hall–Kier alpha value is -4.10. The lowest BCUT2D eigenvalue weighted by Gasteiger charge is -2.31. The van der Waals surface area contributed by atoms with E-state index in [1.807, 2.05) is 78.9 Å².